The molecule has 1 fully saturated rings. The Bertz CT molecular complexity index is 983. The Hall–Kier alpha value is -2.99. The van der Waals surface area contributed by atoms with Crippen LogP contribution in [0, 0.1) is 11.8 Å². The number of fused-ring (bicyclic) bond motifs is 1. The molecular formula is C27H32N2O4. The number of carbonyl (C=O) groups is 3. The second-order valence-electron chi connectivity index (χ2n) is 9.69. The number of hydrogen-bond acceptors (Lipinski definition) is 4. The van der Waals surface area contributed by atoms with Crippen LogP contribution in [0.5, 0.6) is 0 Å². The van der Waals surface area contributed by atoms with Gasteiger partial charge >= 0.3 is 0 Å². The number of nitrogens with one attached hydrogen (secondary N) is 1. The molecule has 0 saturated carbocycles. The molecule has 6 heteroatoms. The highest BCUT2D eigenvalue weighted by molar-refractivity contribution is 6.22. The van der Waals surface area contributed by atoms with Gasteiger partial charge in [-0.25, -0.2) is 0 Å². The summed E-state index contributed by atoms with van der Waals surface area (Å²) in [6.45, 7) is 5.30. The topological polar surface area (TPSA) is 75.7 Å². The summed E-state index contributed by atoms with van der Waals surface area (Å²) in [4.78, 5) is 38.6. The molecule has 2 aliphatic heterocycles. The summed E-state index contributed by atoms with van der Waals surface area (Å²) in [5.41, 5.74) is 1.89. The van der Waals surface area contributed by atoms with Crippen LogP contribution in [0.15, 0.2) is 54.6 Å². The highest BCUT2D eigenvalue weighted by Gasteiger charge is 2.36. The predicted octanol–water partition coefficient (Wildman–Crippen LogP) is 3.85. The molecule has 2 heterocycles. The molecule has 0 aliphatic carbocycles. The quantitative estimate of drug-likeness (QED) is 0.623. The van der Waals surface area contributed by atoms with Gasteiger partial charge in [-0.05, 0) is 69.1 Å². The molecule has 1 N–H and O–H groups in total. The van der Waals surface area contributed by atoms with Crippen LogP contribution in [0.4, 0.5) is 0 Å². The van der Waals surface area contributed by atoms with Crippen molar-refractivity contribution in [2.24, 2.45) is 11.8 Å². The smallest absolute Gasteiger partial charge is 0.262 e. The van der Waals surface area contributed by atoms with Gasteiger partial charge < -0.3 is 10.1 Å². The van der Waals surface area contributed by atoms with Gasteiger partial charge in [-0.2, -0.15) is 0 Å². The van der Waals surface area contributed by atoms with Gasteiger partial charge in [-0.3, -0.25) is 19.3 Å². The van der Waals surface area contributed by atoms with Crippen molar-refractivity contribution < 1.29 is 19.1 Å². The Kier molecular flexibility index (Phi) is 6.94. The van der Waals surface area contributed by atoms with Crippen LogP contribution in [0.1, 0.15) is 59.4 Å². The summed E-state index contributed by atoms with van der Waals surface area (Å²) in [7, 11) is 0. The van der Waals surface area contributed by atoms with E-state index in [-0.39, 0.29) is 18.1 Å². The van der Waals surface area contributed by atoms with Crippen LogP contribution in [-0.2, 0) is 16.0 Å². The van der Waals surface area contributed by atoms with Gasteiger partial charge in [-0.1, -0.05) is 42.5 Å². The van der Waals surface area contributed by atoms with E-state index in [0.717, 1.165) is 37.2 Å². The molecule has 3 amide bonds. The molecule has 174 valence electrons. The second-order valence-corrected chi connectivity index (χ2v) is 9.69. The Morgan fingerprint density at radius 3 is 2.33 bits per heavy atom. The zero-order chi connectivity index (χ0) is 23.4. The number of imide groups is 1. The molecule has 0 unspecified atom stereocenters. The van der Waals surface area contributed by atoms with Crippen molar-refractivity contribution in [1.29, 1.82) is 0 Å². The number of hydrogen-bond donors (Lipinski definition) is 1. The third-order valence-electron chi connectivity index (χ3n) is 6.76. The van der Waals surface area contributed by atoms with Gasteiger partial charge in [-0.15, -0.1) is 0 Å². The molecule has 2 atom stereocenters. The average molecular weight is 449 g/mol. The standard InChI is InChI=1S/C27H32N2O4/c1-27(2)17-21(13-15-33-27)20(16-19-8-4-3-5-9-19)12-14-28-24(30)18-29-25(31)22-10-6-7-11-23(22)26(29)32/h3-11,20-21H,12-18H2,1-2H3,(H,28,30)/t20-,21+/m0/s1. The van der Waals surface area contributed by atoms with Crippen molar-refractivity contribution in [3.05, 3.63) is 71.3 Å². The van der Waals surface area contributed by atoms with Gasteiger partial charge in [0.2, 0.25) is 5.91 Å². The van der Waals surface area contributed by atoms with Crippen LogP contribution < -0.4 is 5.32 Å². The summed E-state index contributed by atoms with van der Waals surface area (Å²) in [5.74, 6) is -0.193. The van der Waals surface area contributed by atoms with Crippen LogP contribution >= 0.6 is 0 Å². The van der Waals surface area contributed by atoms with Crippen LogP contribution in [0.25, 0.3) is 0 Å². The average Bonchev–Trinajstić information content (AvgIpc) is 3.03. The summed E-state index contributed by atoms with van der Waals surface area (Å²) in [6, 6.07) is 17.1. The van der Waals surface area contributed by atoms with Crippen molar-refractivity contribution >= 4 is 17.7 Å². The summed E-state index contributed by atoms with van der Waals surface area (Å²) in [6.07, 6.45) is 3.80. The van der Waals surface area contributed by atoms with Crippen molar-refractivity contribution in [2.45, 2.75) is 45.1 Å². The molecule has 2 aromatic rings. The van der Waals surface area contributed by atoms with Gasteiger partial charge in [0.1, 0.15) is 6.54 Å². The van der Waals surface area contributed by atoms with Crippen LogP contribution in [0.2, 0.25) is 0 Å². The van der Waals surface area contributed by atoms with Crippen molar-refractivity contribution in [3.63, 3.8) is 0 Å². The van der Waals surface area contributed by atoms with Crippen LogP contribution in [0.3, 0.4) is 0 Å². The lowest BCUT2D eigenvalue weighted by Crippen LogP contribution is -2.41. The maximum Gasteiger partial charge on any atom is 0.262 e. The SMILES string of the molecule is CC1(C)C[C@H]([C@@H](CCNC(=O)CN2C(=O)c3ccccc3C2=O)Cc2ccccc2)CCO1. The predicted molar refractivity (Wildman–Crippen MR) is 126 cm³/mol. The Morgan fingerprint density at radius 1 is 1.06 bits per heavy atom. The van der Waals surface area contributed by atoms with Gasteiger partial charge in [0, 0.05) is 13.2 Å². The Labute approximate surface area is 195 Å². The summed E-state index contributed by atoms with van der Waals surface area (Å²) in [5, 5.41) is 2.94. The minimum absolute atomic E-state index is 0.132. The largest absolute Gasteiger partial charge is 0.376 e. The molecule has 6 nitrogen and oxygen atoms in total. The zero-order valence-corrected chi connectivity index (χ0v) is 19.4. The number of rotatable bonds is 8. The van der Waals surface area contributed by atoms with E-state index in [1.54, 1.807) is 24.3 Å². The molecule has 0 aromatic heterocycles. The molecule has 2 aromatic carbocycles. The number of benzene rings is 2. The minimum atomic E-state index is -0.405. The number of amides is 3. The third kappa shape index (κ3) is 5.50. The fraction of sp³-hybridized carbons (Fsp3) is 0.444. The van der Waals surface area contributed by atoms with E-state index in [9.17, 15) is 14.4 Å². The highest BCUT2D eigenvalue weighted by atomic mass is 16.5. The fourth-order valence-electron chi connectivity index (χ4n) is 5.08. The molecule has 1 saturated heterocycles. The van der Waals surface area contributed by atoms with Crippen molar-refractivity contribution in [2.75, 3.05) is 19.7 Å². The first-order chi connectivity index (χ1) is 15.8. The van der Waals surface area contributed by atoms with E-state index in [4.69, 9.17) is 4.74 Å². The van der Waals surface area contributed by atoms with Crippen LogP contribution in [-0.4, -0.2) is 47.9 Å². The molecule has 4 rings (SSSR count). The third-order valence-corrected chi connectivity index (χ3v) is 6.76. The first kappa shape index (κ1) is 23.2. The highest BCUT2D eigenvalue weighted by Crippen LogP contribution is 2.36. The normalized spacial score (nSPS) is 20.4. The Morgan fingerprint density at radius 2 is 1.70 bits per heavy atom. The number of ether oxygens (including phenoxy) is 1. The minimum Gasteiger partial charge on any atom is -0.376 e. The second kappa shape index (κ2) is 9.87. The van der Waals surface area contributed by atoms with E-state index in [2.05, 4.69) is 43.4 Å². The molecule has 0 radical (unpaired) electrons. The van der Waals surface area contributed by atoms with Gasteiger partial charge in [0.25, 0.3) is 11.8 Å². The van der Waals surface area contributed by atoms with E-state index in [0.29, 0.717) is 29.5 Å². The lowest BCUT2D eigenvalue weighted by molar-refractivity contribution is -0.121. The molecule has 2 aliphatic rings. The number of nitrogens with zero attached hydrogens (tertiary/aromatic N) is 1. The molecule has 0 spiro atoms. The van der Waals surface area contributed by atoms with Crippen molar-refractivity contribution in [1.82, 2.24) is 10.2 Å². The Balaban J connectivity index is 1.34. The number of carbonyl (C=O) groups excluding carboxylic acids is 3. The van der Waals surface area contributed by atoms with E-state index < -0.39 is 11.8 Å². The molecule has 0 bridgehead atoms. The first-order valence-corrected chi connectivity index (χ1v) is 11.7. The maximum atomic E-state index is 12.6. The van der Waals surface area contributed by atoms with E-state index in [1.165, 1.54) is 5.56 Å². The lowest BCUT2D eigenvalue weighted by Gasteiger charge is -2.39. The monoisotopic (exact) mass is 448 g/mol. The maximum absolute atomic E-state index is 12.6. The summed E-state index contributed by atoms with van der Waals surface area (Å²) >= 11 is 0. The van der Waals surface area contributed by atoms with Gasteiger partial charge in [0.15, 0.2) is 0 Å². The van der Waals surface area contributed by atoms with E-state index in [1.807, 2.05) is 6.07 Å². The first-order valence-electron chi connectivity index (χ1n) is 11.7. The fourth-order valence-corrected chi connectivity index (χ4v) is 5.08. The molecular weight excluding hydrogens is 416 g/mol. The lowest BCUT2D eigenvalue weighted by atomic mass is 9.75. The zero-order valence-electron chi connectivity index (χ0n) is 19.4. The van der Waals surface area contributed by atoms with E-state index >= 15 is 0 Å². The van der Waals surface area contributed by atoms with Gasteiger partial charge in [0.05, 0.1) is 16.7 Å². The molecule has 33 heavy (non-hydrogen) atoms. The summed E-state index contributed by atoms with van der Waals surface area (Å²) < 4.78 is 5.92. The van der Waals surface area contributed by atoms with Crippen molar-refractivity contribution in [3.8, 4) is 0 Å².